The number of aromatic nitrogens is 5. The smallest absolute Gasteiger partial charge is 0.244 e. The Bertz CT molecular complexity index is 623. The van der Waals surface area contributed by atoms with Crippen LogP contribution in [0.5, 0.6) is 0 Å². The topological polar surface area (TPSA) is 112 Å². The molecule has 0 fully saturated rings. The van der Waals surface area contributed by atoms with Crippen LogP contribution in [0.3, 0.4) is 0 Å². The molecule has 0 atom stereocenters. The van der Waals surface area contributed by atoms with Crippen LogP contribution >= 0.6 is 11.8 Å². The molecule has 0 aliphatic rings. The second-order valence-corrected chi connectivity index (χ2v) is 5.13. The Morgan fingerprint density at radius 1 is 1.48 bits per heavy atom. The lowest BCUT2D eigenvalue weighted by Gasteiger charge is -2.01. The van der Waals surface area contributed by atoms with Gasteiger partial charge in [0.2, 0.25) is 11.9 Å². The minimum Gasteiger partial charge on any atom is -0.368 e. The largest absolute Gasteiger partial charge is 0.368 e. The van der Waals surface area contributed by atoms with E-state index in [-0.39, 0.29) is 11.9 Å². The number of anilines is 1. The number of carbonyl (C=O) groups is 1. The lowest BCUT2D eigenvalue weighted by Crippen LogP contribution is -2.23. The summed E-state index contributed by atoms with van der Waals surface area (Å²) in [6.45, 7) is 0.541. The molecule has 0 saturated carbocycles. The van der Waals surface area contributed by atoms with Crippen LogP contribution < -0.4 is 11.1 Å². The van der Waals surface area contributed by atoms with Crippen LogP contribution in [0.25, 0.3) is 6.08 Å². The minimum atomic E-state index is -0.176. The zero-order valence-electron chi connectivity index (χ0n) is 11.4. The average molecular weight is 305 g/mol. The third kappa shape index (κ3) is 4.88. The van der Waals surface area contributed by atoms with Crippen molar-refractivity contribution in [2.45, 2.75) is 5.16 Å². The molecule has 8 nitrogen and oxygen atoms in total. The fraction of sp³-hybridized carbons (Fsp3) is 0.250. The number of amides is 1. The highest BCUT2D eigenvalue weighted by atomic mass is 32.2. The predicted molar refractivity (Wildman–Crippen MR) is 80.2 cm³/mol. The number of thioether (sulfide) groups is 1. The highest BCUT2D eigenvalue weighted by Crippen LogP contribution is 2.11. The van der Waals surface area contributed by atoms with E-state index in [1.807, 2.05) is 11.6 Å². The molecular weight excluding hydrogens is 290 g/mol. The van der Waals surface area contributed by atoms with Crippen LogP contribution in [0, 0.1) is 0 Å². The standard InChI is InChI=1S/C12H15N7OS/c1-19-8-17-18-12(19)21-5-4-14-10(20)3-2-9-6-15-11(13)16-7-9/h2-3,6-8H,4-5H2,1H3,(H,14,20)(H2,13,15,16). The summed E-state index contributed by atoms with van der Waals surface area (Å²) in [7, 11) is 1.87. The Morgan fingerprint density at radius 3 is 2.90 bits per heavy atom. The van der Waals surface area contributed by atoms with E-state index in [1.54, 1.807) is 24.8 Å². The van der Waals surface area contributed by atoms with Crippen molar-refractivity contribution in [1.82, 2.24) is 30.0 Å². The number of nitrogen functional groups attached to an aromatic ring is 1. The highest BCUT2D eigenvalue weighted by molar-refractivity contribution is 7.99. The minimum absolute atomic E-state index is 0.176. The summed E-state index contributed by atoms with van der Waals surface area (Å²) >= 11 is 1.53. The van der Waals surface area contributed by atoms with Crippen molar-refractivity contribution in [2.24, 2.45) is 7.05 Å². The molecule has 0 aromatic carbocycles. The van der Waals surface area contributed by atoms with E-state index >= 15 is 0 Å². The van der Waals surface area contributed by atoms with Crippen LogP contribution in [-0.2, 0) is 11.8 Å². The first-order chi connectivity index (χ1) is 10.1. The fourth-order valence-corrected chi connectivity index (χ4v) is 2.13. The molecule has 0 unspecified atom stereocenters. The lowest BCUT2D eigenvalue weighted by molar-refractivity contribution is -0.116. The molecule has 3 N–H and O–H groups in total. The molecule has 2 aromatic rings. The molecule has 21 heavy (non-hydrogen) atoms. The van der Waals surface area contributed by atoms with Crippen molar-refractivity contribution in [1.29, 1.82) is 0 Å². The van der Waals surface area contributed by atoms with Crippen molar-refractivity contribution in [2.75, 3.05) is 18.0 Å². The number of nitrogens with zero attached hydrogens (tertiary/aromatic N) is 5. The molecule has 0 bridgehead atoms. The van der Waals surface area contributed by atoms with E-state index in [1.165, 1.54) is 17.8 Å². The lowest BCUT2D eigenvalue weighted by atomic mass is 10.3. The maximum absolute atomic E-state index is 11.6. The van der Waals surface area contributed by atoms with Crippen molar-refractivity contribution in [3.8, 4) is 0 Å². The molecule has 110 valence electrons. The fourth-order valence-electron chi connectivity index (χ4n) is 1.38. The first-order valence-electron chi connectivity index (χ1n) is 6.15. The summed E-state index contributed by atoms with van der Waals surface area (Å²) in [5, 5.41) is 11.3. The number of hydrogen-bond acceptors (Lipinski definition) is 7. The van der Waals surface area contributed by atoms with Crippen molar-refractivity contribution in [3.63, 3.8) is 0 Å². The van der Waals surface area contributed by atoms with Gasteiger partial charge >= 0.3 is 0 Å². The summed E-state index contributed by atoms with van der Waals surface area (Å²) < 4.78 is 1.83. The van der Waals surface area contributed by atoms with Crippen LogP contribution in [0.2, 0.25) is 0 Å². The SMILES string of the molecule is Cn1cnnc1SCCNC(=O)C=Cc1cnc(N)nc1. The van der Waals surface area contributed by atoms with E-state index < -0.39 is 0 Å². The van der Waals surface area contributed by atoms with Crippen molar-refractivity contribution >= 4 is 29.7 Å². The third-order valence-corrected chi connectivity index (χ3v) is 3.46. The maximum atomic E-state index is 11.6. The van der Waals surface area contributed by atoms with E-state index in [2.05, 4.69) is 25.5 Å². The number of aryl methyl sites for hydroxylation is 1. The first-order valence-corrected chi connectivity index (χ1v) is 7.14. The van der Waals surface area contributed by atoms with Gasteiger partial charge in [0.25, 0.3) is 0 Å². The van der Waals surface area contributed by atoms with Gasteiger partial charge in [-0.3, -0.25) is 4.79 Å². The van der Waals surface area contributed by atoms with Gasteiger partial charge in [-0.2, -0.15) is 0 Å². The number of nitrogens with two attached hydrogens (primary N) is 1. The zero-order valence-corrected chi connectivity index (χ0v) is 12.2. The van der Waals surface area contributed by atoms with Gasteiger partial charge in [-0.15, -0.1) is 10.2 Å². The summed E-state index contributed by atoms with van der Waals surface area (Å²) in [5.74, 6) is 0.750. The molecule has 0 spiro atoms. The molecule has 0 radical (unpaired) electrons. The molecular formula is C12H15N7OS. The van der Waals surface area contributed by atoms with Crippen LogP contribution in [-0.4, -0.2) is 42.9 Å². The van der Waals surface area contributed by atoms with Crippen molar-refractivity contribution in [3.05, 3.63) is 30.4 Å². The Morgan fingerprint density at radius 2 is 2.24 bits per heavy atom. The third-order valence-electron chi connectivity index (χ3n) is 2.42. The molecule has 2 aromatic heterocycles. The van der Waals surface area contributed by atoms with Gasteiger partial charge in [-0.05, 0) is 6.08 Å². The molecule has 0 aliphatic heterocycles. The van der Waals surface area contributed by atoms with Crippen LogP contribution in [0.15, 0.2) is 30.0 Å². The maximum Gasteiger partial charge on any atom is 0.244 e. The Hall–Kier alpha value is -2.42. The normalized spacial score (nSPS) is 10.9. The number of carbonyl (C=O) groups excluding carboxylic acids is 1. The Balaban J connectivity index is 1.70. The monoisotopic (exact) mass is 305 g/mol. The number of hydrogen-bond donors (Lipinski definition) is 2. The average Bonchev–Trinajstić information content (AvgIpc) is 2.88. The van der Waals surface area contributed by atoms with Crippen molar-refractivity contribution < 1.29 is 4.79 Å². The van der Waals surface area contributed by atoms with Gasteiger partial charge in [0.05, 0.1) is 0 Å². The van der Waals surface area contributed by atoms with Crippen LogP contribution in [0.1, 0.15) is 5.56 Å². The first kappa shape index (κ1) is 15.0. The quantitative estimate of drug-likeness (QED) is 0.442. The highest BCUT2D eigenvalue weighted by Gasteiger charge is 2.01. The molecule has 9 heteroatoms. The zero-order chi connectivity index (χ0) is 15.1. The second-order valence-electron chi connectivity index (χ2n) is 4.07. The van der Waals surface area contributed by atoms with E-state index in [4.69, 9.17) is 5.73 Å². The molecule has 1 amide bonds. The van der Waals surface area contributed by atoms with E-state index in [0.29, 0.717) is 12.1 Å². The molecule has 2 heterocycles. The van der Waals surface area contributed by atoms with Gasteiger partial charge in [0, 0.05) is 43.4 Å². The second kappa shape index (κ2) is 7.39. The van der Waals surface area contributed by atoms with Crippen LogP contribution in [0.4, 0.5) is 5.95 Å². The predicted octanol–water partition coefficient (Wildman–Crippen LogP) is 0.109. The molecule has 0 aliphatic carbocycles. The van der Waals surface area contributed by atoms with E-state index in [0.717, 1.165) is 10.9 Å². The summed E-state index contributed by atoms with van der Waals surface area (Å²) in [6, 6.07) is 0. The summed E-state index contributed by atoms with van der Waals surface area (Å²) in [5.41, 5.74) is 6.09. The Labute approximate surface area is 125 Å². The van der Waals surface area contributed by atoms with Gasteiger partial charge in [0.1, 0.15) is 6.33 Å². The van der Waals surface area contributed by atoms with Gasteiger partial charge in [-0.1, -0.05) is 11.8 Å². The molecule has 0 saturated heterocycles. The van der Waals surface area contributed by atoms with Gasteiger partial charge in [-0.25, -0.2) is 9.97 Å². The van der Waals surface area contributed by atoms with E-state index in [9.17, 15) is 4.79 Å². The summed E-state index contributed by atoms with van der Waals surface area (Å²) in [4.78, 5) is 19.3. The summed E-state index contributed by atoms with van der Waals surface area (Å²) in [6.07, 6.45) is 7.80. The van der Waals surface area contributed by atoms with Gasteiger partial charge in [0.15, 0.2) is 5.16 Å². The molecule has 2 rings (SSSR count). The number of nitrogens with one attached hydrogen (secondary N) is 1. The van der Waals surface area contributed by atoms with Gasteiger partial charge < -0.3 is 15.6 Å². The Kier molecular flexibility index (Phi) is 5.27. The number of rotatable bonds is 6.